The normalized spacial score (nSPS) is 11.4. The fourth-order valence-corrected chi connectivity index (χ4v) is 2.27. The van der Waals surface area contributed by atoms with Crippen LogP contribution in [-0.2, 0) is 9.53 Å². The summed E-state index contributed by atoms with van der Waals surface area (Å²) in [5, 5.41) is 4.42. The Balaban J connectivity index is 2.13. The van der Waals surface area contributed by atoms with Crippen molar-refractivity contribution in [3.05, 3.63) is 65.7 Å². The molecule has 7 nitrogen and oxygen atoms in total. The third kappa shape index (κ3) is 6.12. The number of urea groups is 1. The summed E-state index contributed by atoms with van der Waals surface area (Å²) in [6.07, 6.45) is -1.26. The molecule has 0 aliphatic heterocycles. The molecule has 0 bridgehead atoms. The van der Waals surface area contributed by atoms with Crippen LogP contribution in [0.2, 0.25) is 0 Å². The van der Waals surface area contributed by atoms with Crippen molar-refractivity contribution in [3.63, 3.8) is 0 Å². The third-order valence-electron chi connectivity index (χ3n) is 3.70. The van der Waals surface area contributed by atoms with Gasteiger partial charge in [-0.05, 0) is 30.2 Å². The maximum absolute atomic E-state index is 12.5. The zero-order valence-corrected chi connectivity index (χ0v) is 16.1. The highest BCUT2D eigenvalue weighted by atomic mass is 16.5. The lowest BCUT2D eigenvalue weighted by Crippen LogP contribution is -2.41. The van der Waals surface area contributed by atoms with E-state index < -0.39 is 24.0 Å². The summed E-state index contributed by atoms with van der Waals surface area (Å²) >= 11 is 0. The van der Waals surface area contributed by atoms with Gasteiger partial charge in [0.2, 0.25) is 6.10 Å². The highest BCUT2D eigenvalue weighted by molar-refractivity contribution is 5.99. The molecule has 1 atom stereocenters. The van der Waals surface area contributed by atoms with Crippen LogP contribution in [-0.4, -0.2) is 31.6 Å². The number of hydrogen-bond donors (Lipinski definition) is 2. The molecule has 0 aliphatic carbocycles. The van der Waals surface area contributed by atoms with Gasteiger partial charge in [0.25, 0.3) is 5.91 Å². The van der Waals surface area contributed by atoms with Gasteiger partial charge in [-0.25, -0.2) is 9.59 Å². The van der Waals surface area contributed by atoms with Crippen molar-refractivity contribution in [2.45, 2.75) is 20.0 Å². The van der Waals surface area contributed by atoms with Crippen molar-refractivity contribution in [2.24, 2.45) is 5.92 Å². The van der Waals surface area contributed by atoms with E-state index in [1.54, 1.807) is 54.6 Å². The van der Waals surface area contributed by atoms with Crippen LogP contribution >= 0.6 is 0 Å². The molecule has 148 valence electrons. The molecule has 0 heterocycles. The van der Waals surface area contributed by atoms with Gasteiger partial charge in [-0.2, -0.15) is 0 Å². The van der Waals surface area contributed by atoms with Crippen LogP contribution in [0.4, 0.5) is 4.79 Å². The van der Waals surface area contributed by atoms with Gasteiger partial charge >= 0.3 is 12.0 Å². The van der Waals surface area contributed by atoms with Gasteiger partial charge < -0.3 is 14.8 Å². The van der Waals surface area contributed by atoms with E-state index in [0.29, 0.717) is 23.8 Å². The van der Waals surface area contributed by atoms with E-state index in [2.05, 4.69) is 10.6 Å². The molecule has 28 heavy (non-hydrogen) atoms. The van der Waals surface area contributed by atoms with Crippen molar-refractivity contribution in [1.29, 1.82) is 0 Å². The SMILES string of the molecule is CNC(=O)NC(=O)[C@@H](OC(=O)c1ccc(OCC(C)C)cc1)c1ccccc1. The molecule has 3 amide bonds. The molecule has 0 radical (unpaired) electrons. The molecule has 2 aromatic carbocycles. The number of rotatable bonds is 7. The molecular weight excluding hydrogens is 360 g/mol. The van der Waals surface area contributed by atoms with Crippen molar-refractivity contribution < 1.29 is 23.9 Å². The van der Waals surface area contributed by atoms with E-state index in [1.807, 2.05) is 13.8 Å². The fourth-order valence-electron chi connectivity index (χ4n) is 2.27. The summed E-state index contributed by atoms with van der Waals surface area (Å²) in [6.45, 7) is 4.65. The predicted octanol–water partition coefficient (Wildman–Crippen LogP) is 3.08. The quantitative estimate of drug-likeness (QED) is 0.716. The van der Waals surface area contributed by atoms with Crippen molar-refractivity contribution in [2.75, 3.05) is 13.7 Å². The Bertz CT molecular complexity index is 803. The van der Waals surface area contributed by atoms with E-state index in [1.165, 1.54) is 7.05 Å². The van der Waals surface area contributed by atoms with Crippen LogP contribution in [0.1, 0.15) is 35.9 Å². The lowest BCUT2D eigenvalue weighted by Gasteiger charge is -2.17. The van der Waals surface area contributed by atoms with Crippen LogP contribution < -0.4 is 15.4 Å². The zero-order chi connectivity index (χ0) is 20.5. The number of carbonyl (C=O) groups is 3. The summed E-state index contributed by atoms with van der Waals surface area (Å²) in [5.41, 5.74) is 0.722. The zero-order valence-electron chi connectivity index (χ0n) is 16.1. The number of ether oxygens (including phenoxy) is 2. The van der Waals surface area contributed by atoms with E-state index in [4.69, 9.17) is 9.47 Å². The number of nitrogens with one attached hydrogen (secondary N) is 2. The minimum absolute atomic E-state index is 0.269. The lowest BCUT2D eigenvalue weighted by molar-refractivity contribution is -0.129. The molecule has 0 fully saturated rings. The summed E-state index contributed by atoms with van der Waals surface area (Å²) in [7, 11) is 1.38. The van der Waals surface area contributed by atoms with E-state index in [9.17, 15) is 14.4 Å². The van der Waals surface area contributed by atoms with Crippen LogP contribution in [0.25, 0.3) is 0 Å². The minimum Gasteiger partial charge on any atom is -0.493 e. The van der Waals surface area contributed by atoms with Crippen LogP contribution in [0, 0.1) is 5.92 Å². The molecule has 0 saturated heterocycles. The lowest BCUT2D eigenvalue weighted by atomic mass is 10.1. The largest absolute Gasteiger partial charge is 0.493 e. The number of benzene rings is 2. The Morgan fingerprint density at radius 1 is 0.964 bits per heavy atom. The highest BCUT2D eigenvalue weighted by Crippen LogP contribution is 2.21. The Morgan fingerprint density at radius 3 is 2.18 bits per heavy atom. The van der Waals surface area contributed by atoms with Crippen LogP contribution in [0.15, 0.2) is 54.6 Å². The average Bonchev–Trinajstić information content (AvgIpc) is 2.71. The molecule has 0 aliphatic rings. The van der Waals surface area contributed by atoms with Gasteiger partial charge in [0.05, 0.1) is 12.2 Å². The molecule has 2 aromatic rings. The van der Waals surface area contributed by atoms with E-state index in [-0.39, 0.29) is 5.56 Å². The highest BCUT2D eigenvalue weighted by Gasteiger charge is 2.26. The number of carbonyl (C=O) groups excluding carboxylic acids is 3. The third-order valence-corrected chi connectivity index (χ3v) is 3.70. The maximum Gasteiger partial charge on any atom is 0.339 e. The standard InChI is InChI=1S/C21H24N2O5/c1-14(2)13-27-17-11-9-16(10-12-17)20(25)28-18(15-7-5-4-6-8-15)19(24)23-21(26)22-3/h4-12,14,18H,13H2,1-3H3,(H2,22,23,24,26)/t18-/m0/s1. The first-order chi connectivity index (χ1) is 13.4. The second-order valence-corrected chi connectivity index (χ2v) is 6.49. The molecule has 0 saturated carbocycles. The van der Waals surface area contributed by atoms with Crippen molar-refractivity contribution in [1.82, 2.24) is 10.6 Å². The summed E-state index contributed by atoms with van der Waals surface area (Å²) in [6, 6.07) is 14.3. The maximum atomic E-state index is 12.5. The van der Waals surface area contributed by atoms with Crippen molar-refractivity contribution in [3.8, 4) is 5.75 Å². The van der Waals surface area contributed by atoms with E-state index in [0.717, 1.165) is 0 Å². The van der Waals surface area contributed by atoms with Gasteiger partial charge in [-0.3, -0.25) is 10.1 Å². The first-order valence-corrected chi connectivity index (χ1v) is 8.92. The minimum atomic E-state index is -1.26. The fraction of sp³-hybridized carbons (Fsp3) is 0.286. The second kappa shape index (κ2) is 10.1. The molecular formula is C21H24N2O5. The number of hydrogen-bond acceptors (Lipinski definition) is 5. The monoisotopic (exact) mass is 384 g/mol. The van der Waals surface area contributed by atoms with Gasteiger partial charge in [-0.15, -0.1) is 0 Å². The molecule has 2 N–H and O–H groups in total. The molecule has 0 spiro atoms. The Hall–Kier alpha value is -3.35. The van der Waals surface area contributed by atoms with Crippen molar-refractivity contribution >= 4 is 17.9 Å². The molecule has 0 aromatic heterocycles. The van der Waals surface area contributed by atoms with Crippen LogP contribution in [0.3, 0.4) is 0 Å². The summed E-state index contributed by atoms with van der Waals surface area (Å²) < 4.78 is 11.0. The number of amides is 3. The van der Waals surface area contributed by atoms with E-state index >= 15 is 0 Å². The Labute approximate surface area is 164 Å². The molecule has 7 heteroatoms. The smallest absolute Gasteiger partial charge is 0.339 e. The van der Waals surface area contributed by atoms with Gasteiger partial charge in [0.15, 0.2) is 0 Å². The first kappa shape index (κ1) is 21.0. The second-order valence-electron chi connectivity index (χ2n) is 6.49. The Kier molecular flexibility index (Phi) is 7.56. The molecule has 0 unspecified atom stereocenters. The molecule has 2 rings (SSSR count). The van der Waals surface area contributed by atoms with Gasteiger partial charge in [0, 0.05) is 12.6 Å². The van der Waals surface area contributed by atoms with Crippen LogP contribution in [0.5, 0.6) is 5.75 Å². The predicted molar refractivity (Wildman–Crippen MR) is 104 cm³/mol. The topological polar surface area (TPSA) is 93.7 Å². The number of imide groups is 1. The average molecular weight is 384 g/mol. The summed E-state index contributed by atoms with van der Waals surface area (Å²) in [4.78, 5) is 36.4. The van der Waals surface area contributed by atoms with Gasteiger partial charge in [-0.1, -0.05) is 44.2 Å². The summed E-state index contributed by atoms with van der Waals surface area (Å²) in [5.74, 6) is -0.399. The Morgan fingerprint density at radius 2 is 1.61 bits per heavy atom. The number of esters is 1. The first-order valence-electron chi connectivity index (χ1n) is 8.92. The van der Waals surface area contributed by atoms with Gasteiger partial charge in [0.1, 0.15) is 5.75 Å².